The van der Waals surface area contributed by atoms with E-state index in [2.05, 4.69) is 5.32 Å². The summed E-state index contributed by atoms with van der Waals surface area (Å²) >= 11 is 0. The van der Waals surface area contributed by atoms with Crippen molar-refractivity contribution in [3.05, 3.63) is 63.9 Å². The van der Waals surface area contributed by atoms with Crippen molar-refractivity contribution in [2.24, 2.45) is 0 Å². The number of nitro groups is 1. The molecule has 1 heterocycles. The number of hydrogen-bond donors (Lipinski definition) is 1. The van der Waals surface area contributed by atoms with Gasteiger partial charge in [-0.05, 0) is 25.0 Å². The Hall–Kier alpha value is -3.16. The summed E-state index contributed by atoms with van der Waals surface area (Å²) in [5.74, 6) is -2.13. The summed E-state index contributed by atoms with van der Waals surface area (Å²) in [4.78, 5) is 33.8. The monoisotopic (exact) mass is 360 g/mol. The number of furan rings is 1. The number of nitrogens with one attached hydrogen (secondary N) is 1. The molecule has 0 radical (unpaired) electrons. The predicted octanol–water partition coefficient (Wildman–Crippen LogP) is 3.04. The van der Waals surface area contributed by atoms with Gasteiger partial charge in [-0.3, -0.25) is 14.9 Å². The van der Waals surface area contributed by atoms with Crippen LogP contribution in [0, 0.1) is 10.1 Å². The molecular weight excluding hydrogens is 340 g/mol. The molecule has 8 nitrogen and oxygen atoms in total. The fourth-order valence-electron chi connectivity index (χ4n) is 2.40. The van der Waals surface area contributed by atoms with Crippen molar-refractivity contribution in [3.8, 4) is 0 Å². The maximum atomic E-state index is 12.1. The number of amides is 1. The van der Waals surface area contributed by atoms with Crippen LogP contribution in [0.1, 0.15) is 42.3 Å². The van der Waals surface area contributed by atoms with Crippen LogP contribution < -0.4 is 5.32 Å². The van der Waals surface area contributed by atoms with E-state index in [1.54, 1.807) is 0 Å². The minimum atomic E-state index is -1.06. The molecule has 0 saturated carbocycles. The molecule has 2 rings (SSSR count). The summed E-state index contributed by atoms with van der Waals surface area (Å²) < 4.78 is 9.75. The fourth-order valence-corrected chi connectivity index (χ4v) is 2.40. The third-order valence-electron chi connectivity index (χ3n) is 3.91. The maximum absolute atomic E-state index is 12.1. The number of ether oxygens (including phenoxy) is 1. The molecule has 1 aromatic heterocycles. The molecule has 26 heavy (non-hydrogen) atoms. The van der Waals surface area contributed by atoms with E-state index in [-0.39, 0.29) is 11.7 Å². The third kappa shape index (κ3) is 4.92. The van der Waals surface area contributed by atoms with Crippen LogP contribution in [0.5, 0.6) is 0 Å². The van der Waals surface area contributed by atoms with Gasteiger partial charge in [0.2, 0.25) is 5.76 Å². The van der Waals surface area contributed by atoms with Gasteiger partial charge in [0.05, 0.1) is 6.07 Å². The molecule has 0 aliphatic carbocycles. The van der Waals surface area contributed by atoms with Gasteiger partial charge >= 0.3 is 11.9 Å². The number of benzene rings is 1. The molecule has 0 saturated heterocycles. The zero-order chi connectivity index (χ0) is 19.1. The van der Waals surface area contributed by atoms with E-state index >= 15 is 0 Å². The third-order valence-corrected chi connectivity index (χ3v) is 3.91. The second-order valence-corrected chi connectivity index (χ2v) is 5.70. The molecule has 1 N–H and O–H groups in total. The Labute approximate surface area is 150 Å². The van der Waals surface area contributed by atoms with Crippen LogP contribution in [-0.4, -0.2) is 29.4 Å². The molecule has 0 bridgehead atoms. The van der Waals surface area contributed by atoms with Gasteiger partial charge in [-0.25, -0.2) is 4.79 Å². The number of carbonyl (C=O) groups is 2. The van der Waals surface area contributed by atoms with Crippen molar-refractivity contribution < 1.29 is 23.7 Å². The first-order chi connectivity index (χ1) is 12.4. The Morgan fingerprint density at radius 2 is 1.92 bits per heavy atom. The van der Waals surface area contributed by atoms with Gasteiger partial charge in [0.15, 0.2) is 6.10 Å². The molecule has 138 valence electrons. The lowest BCUT2D eigenvalue weighted by atomic mass is 9.96. The largest absolute Gasteiger partial charge is 0.447 e. The molecule has 1 amide bonds. The van der Waals surface area contributed by atoms with Crippen LogP contribution >= 0.6 is 0 Å². The number of carbonyl (C=O) groups excluding carboxylic acids is 2. The van der Waals surface area contributed by atoms with Gasteiger partial charge in [-0.2, -0.15) is 0 Å². The van der Waals surface area contributed by atoms with Gasteiger partial charge in [-0.15, -0.1) is 0 Å². The lowest BCUT2D eigenvalue weighted by Crippen LogP contribution is -2.37. The zero-order valence-electron chi connectivity index (χ0n) is 14.5. The van der Waals surface area contributed by atoms with Gasteiger partial charge in [0, 0.05) is 12.5 Å². The van der Waals surface area contributed by atoms with E-state index in [9.17, 15) is 19.7 Å². The summed E-state index contributed by atoms with van der Waals surface area (Å²) in [6.07, 6.45) is -0.214. The van der Waals surface area contributed by atoms with Gasteiger partial charge in [0.1, 0.15) is 4.92 Å². The van der Waals surface area contributed by atoms with Gasteiger partial charge < -0.3 is 14.5 Å². The Morgan fingerprint density at radius 3 is 2.50 bits per heavy atom. The molecule has 8 heteroatoms. The molecule has 1 aromatic carbocycles. The van der Waals surface area contributed by atoms with Crippen LogP contribution in [0.25, 0.3) is 0 Å². The molecule has 0 aliphatic heterocycles. The number of esters is 1. The summed E-state index contributed by atoms with van der Waals surface area (Å²) in [6.45, 7) is 3.86. The van der Waals surface area contributed by atoms with Crippen LogP contribution in [0.2, 0.25) is 0 Å². The van der Waals surface area contributed by atoms with E-state index in [4.69, 9.17) is 9.15 Å². The maximum Gasteiger partial charge on any atom is 0.433 e. The van der Waals surface area contributed by atoms with E-state index in [0.717, 1.165) is 24.1 Å². The van der Waals surface area contributed by atoms with E-state index in [1.807, 2.05) is 37.3 Å². The molecule has 0 spiro atoms. The second-order valence-electron chi connectivity index (χ2n) is 5.70. The summed E-state index contributed by atoms with van der Waals surface area (Å²) in [5.41, 5.74) is 1.11. The first-order valence-electron chi connectivity index (χ1n) is 8.20. The first-order valence-corrected chi connectivity index (χ1v) is 8.20. The molecule has 0 fully saturated rings. The summed E-state index contributed by atoms with van der Waals surface area (Å²) in [5, 5.41) is 13.3. The smallest absolute Gasteiger partial charge is 0.433 e. The van der Waals surface area contributed by atoms with E-state index in [0.29, 0.717) is 6.54 Å². The average Bonchev–Trinajstić information content (AvgIpc) is 3.13. The second kappa shape index (κ2) is 8.80. The number of rotatable bonds is 8. The van der Waals surface area contributed by atoms with Crippen LogP contribution in [0.4, 0.5) is 5.88 Å². The normalized spacial score (nSPS) is 12.8. The topological polar surface area (TPSA) is 112 Å². The minimum absolute atomic E-state index is 0.149. The molecular formula is C18H20N2O6. The summed E-state index contributed by atoms with van der Waals surface area (Å²) in [6, 6.07) is 12.0. The van der Waals surface area contributed by atoms with E-state index < -0.39 is 28.8 Å². The Bertz CT molecular complexity index is 771. The zero-order valence-corrected chi connectivity index (χ0v) is 14.5. The van der Waals surface area contributed by atoms with Crippen molar-refractivity contribution >= 4 is 17.8 Å². The molecule has 0 aliphatic rings. The molecule has 2 aromatic rings. The molecule has 0 unspecified atom stereocenters. The lowest BCUT2D eigenvalue weighted by molar-refractivity contribution is -0.402. The Morgan fingerprint density at radius 1 is 1.23 bits per heavy atom. The highest BCUT2D eigenvalue weighted by atomic mass is 16.7. The lowest BCUT2D eigenvalue weighted by Gasteiger charge is -2.18. The predicted molar refractivity (Wildman–Crippen MR) is 92.7 cm³/mol. The minimum Gasteiger partial charge on any atom is -0.447 e. The van der Waals surface area contributed by atoms with Crippen LogP contribution in [-0.2, 0) is 9.53 Å². The average molecular weight is 360 g/mol. The van der Waals surface area contributed by atoms with Crippen molar-refractivity contribution in [1.29, 1.82) is 0 Å². The highest BCUT2D eigenvalue weighted by molar-refractivity contribution is 5.90. The fraction of sp³-hybridized carbons (Fsp3) is 0.333. The Balaban J connectivity index is 1.88. The first kappa shape index (κ1) is 19.2. The van der Waals surface area contributed by atoms with Crippen molar-refractivity contribution in [2.45, 2.75) is 32.3 Å². The quantitative estimate of drug-likeness (QED) is 0.440. The highest BCUT2D eigenvalue weighted by Crippen LogP contribution is 2.19. The number of nitrogens with zero attached hydrogens (tertiary/aromatic N) is 1. The van der Waals surface area contributed by atoms with E-state index in [1.165, 1.54) is 6.92 Å². The molecule has 2 atom stereocenters. The summed E-state index contributed by atoms with van der Waals surface area (Å²) in [7, 11) is 0. The Kier molecular flexibility index (Phi) is 6.48. The van der Waals surface area contributed by atoms with Crippen LogP contribution in [0.15, 0.2) is 46.9 Å². The van der Waals surface area contributed by atoms with Crippen molar-refractivity contribution in [3.63, 3.8) is 0 Å². The van der Waals surface area contributed by atoms with Crippen molar-refractivity contribution in [1.82, 2.24) is 5.32 Å². The SMILES string of the molecule is CC[C@H](CNC(=O)[C@H](C)OC(=O)c1ccc([N+](=O)[O-])o1)c1ccccc1. The van der Waals surface area contributed by atoms with Crippen molar-refractivity contribution in [2.75, 3.05) is 6.54 Å². The van der Waals surface area contributed by atoms with Gasteiger partial charge in [0.25, 0.3) is 5.91 Å². The standard InChI is InChI=1S/C18H20N2O6/c1-3-13(14-7-5-4-6-8-14)11-19-17(21)12(2)25-18(22)15-9-10-16(26-15)20(23)24/h4-10,12-13H,3,11H2,1-2H3,(H,19,21)/t12-,13+/m0/s1. The van der Waals surface area contributed by atoms with Gasteiger partial charge in [-0.1, -0.05) is 37.3 Å². The number of hydrogen-bond acceptors (Lipinski definition) is 6. The van der Waals surface area contributed by atoms with Crippen LogP contribution in [0.3, 0.4) is 0 Å². The highest BCUT2D eigenvalue weighted by Gasteiger charge is 2.24.